The third-order valence-electron chi connectivity index (χ3n) is 3.17. The molecule has 0 fully saturated rings. The fourth-order valence-electron chi connectivity index (χ4n) is 1.95. The van der Waals surface area contributed by atoms with Gasteiger partial charge in [-0.15, -0.1) is 0 Å². The Kier molecular flexibility index (Phi) is 10.6. The van der Waals surface area contributed by atoms with E-state index in [0.29, 0.717) is 37.9 Å². The van der Waals surface area contributed by atoms with Crippen LogP contribution < -0.4 is 10.5 Å². The van der Waals surface area contributed by atoms with Gasteiger partial charge in [0.2, 0.25) is 0 Å². The molecular weight excluding hydrogens is 266 g/mol. The standard InChI is InChI=1S/C17H29NO3/c1-2-3-4-5-8-11-19-12-13-20-14-15-21-17-10-7-6-9-16(17)18/h6-7,9-10H,2-5,8,11-15,18H2,1H3. The van der Waals surface area contributed by atoms with E-state index in [2.05, 4.69) is 6.92 Å². The van der Waals surface area contributed by atoms with Crippen molar-refractivity contribution in [3.8, 4) is 5.75 Å². The molecule has 4 heteroatoms. The molecule has 4 nitrogen and oxygen atoms in total. The molecule has 1 aromatic rings. The lowest BCUT2D eigenvalue weighted by molar-refractivity contribution is 0.0353. The second-order valence-electron chi connectivity index (χ2n) is 5.03. The van der Waals surface area contributed by atoms with E-state index in [1.165, 1.54) is 25.7 Å². The van der Waals surface area contributed by atoms with Crippen LogP contribution in [-0.2, 0) is 9.47 Å². The third-order valence-corrected chi connectivity index (χ3v) is 3.17. The number of hydrogen-bond acceptors (Lipinski definition) is 4. The quantitative estimate of drug-likeness (QED) is 0.446. The lowest BCUT2D eigenvalue weighted by Gasteiger charge is -2.09. The lowest BCUT2D eigenvalue weighted by atomic mass is 10.2. The van der Waals surface area contributed by atoms with E-state index in [1.807, 2.05) is 24.3 Å². The van der Waals surface area contributed by atoms with Gasteiger partial charge in [0.1, 0.15) is 12.4 Å². The molecule has 2 N–H and O–H groups in total. The van der Waals surface area contributed by atoms with Gasteiger partial charge in [0, 0.05) is 6.61 Å². The fourth-order valence-corrected chi connectivity index (χ4v) is 1.95. The van der Waals surface area contributed by atoms with Gasteiger partial charge in [-0.05, 0) is 18.6 Å². The number of nitrogen functional groups attached to an aromatic ring is 1. The summed E-state index contributed by atoms with van der Waals surface area (Å²) in [6.07, 6.45) is 6.34. The number of rotatable bonds is 13. The molecule has 0 unspecified atom stereocenters. The van der Waals surface area contributed by atoms with Crippen LogP contribution in [0.25, 0.3) is 0 Å². The molecule has 0 aliphatic carbocycles. The highest BCUT2D eigenvalue weighted by Gasteiger charge is 1.98. The zero-order chi connectivity index (χ0) is 15.2. The van der Waals surface area contributed by atoms with Crippen molar-refractivity contribution in [1.82, 2.24) is 0 Å². The Morgan fingerprint density at radius 1 is 0.810 bits per heavy atom. The van der Waals surface area contributed by atoms with E-state index in [4.69, 9.17) is 19.9 Å². The third kappa shape index (κ3) is 9.32. The van der Waals surface area contributed by atoms with Crippen molar-refractivity contribution < 1.29 is 14.2 Å². The largest absolute Gasteiger partial charge is 0.489 e. The van der Waals surface area contributed by atoms with Crippen molar-refractivity contribution >= 4 is 5.69 Å². The molecule has 0 amide bonds. The first kappa shape index (κ1) is 17.8. The Hall–Kier alpha value is -1.26. The van der Waals surface area contributed by atoms with E-state index in [1.54, 1.807) is 0 Å². The minimum absolute atomic E-state index is 0.505. The van der Waals surface area contributed by atoms with E-state index < -0.39 is 0 Å². The van der Waals surface area contributed by atoms with Crippen molar-refractivity contribution in [3.63, 3.8) is 0 Å². The van der Waals surface area contributed by atoms with Gasteiger partial charge >= 0.3 is 0 Å². The van der Waals surface area contributed by atoms with Gasteiger partial charge in [-0.25, -0.2) is 0 Å². The summed E-state index contributed by atoms with van der Waals surface area (Å²) in [5, 5.41) is 0. The first-order valence-electron chi connectivity index (χ1n) is 7.97. The Balaban J connectivity index is 1.84. The number of hydrogen-bond donors (Lipinski definition) is 1. The van der Waals surface area contributed by atoms with Gasteiger partial charge in [0.15, 0.2) is 0 Å². The van der Waals surface area contributed by atoms with Crippen molar-refractivity contribution in [1.29, 1.82) is 0 Å². The van der Waals surface area contributed by atoms with E-state index in [-0.39, 0.29) is 0 Å². The van der Waals surface area contributed by atoms with Gasteiger partial charge < -0.3 is 19.9 Å². The smallest absolute Gasteiger partial charge is 0.142 e. The van der Waals surface area contributed by atoms with Crippen LogP contribution in [0.5, 0.6) is 5.75 Å². The summed E-state index contributed by atoms with van der Waals surface area (Å²) in [5.41, 5.74) is 6.43. The van der Waals surface area contributed by atoms with E-state index >= 15 is 0 Å². The van der Waals surface area contributed by atoms with Crippen LogP contribution in [0.2, 0.25) is 0 Å². The van der Waals surface area contributed by atoms with Gasteiger partial charge in [-0.1, -0.05) is 44.7 Å². The number of benzene rings is 1. The molecule has 0 aromatic heterocycles. The summed E-state index contributed by atoms with van der Waals surface area (Å²) in [4.78, 5) is 0. The predicted octanol–water partition coefficient (Wildman–Crippen LogP) is 3.65. The van der Waals surface area contributed by atoms with Crippen molar-refractivity contribution in [2.75, 3.05) is 38.8 Å². The summed E-state index contributed by atoms with van der Waals surface area (Å²) < 4.78 is 16.5. The Morgan fingerprint density at radius 3 is 2.24 bits per heavy atom. The molecule has 1 aromatic carbocycles. The van der Waals surface area contributed by atoms with Crippen LogP contribution in [0.4, 0.5) is 5.69 Å². The van der Waals surface area contributed by atoms with Gasteiger partial charge in [-0.3, -0.25) is 0 Å². The summed E-state index contributed by atoms with van der Waals surface area (Å²) in [6, 6.07) is 7.47. The topological polar surface area (TPSA) is 53.7 Å². The first-order chi connectivity index (χ1) is 10.3. The Morgan fingerprint density at radius 2 is 1.48 bits per heavy atom. The second kappa shape index (κ2) is 12.5. The van der Waals surface area contributed by atoms with Crippen LogP contribution in [0.1, 0.15) is 39.0 Å². The molecule has 0 radical (unpaired) electrons. The summed E-state index contributed by atoms with van der Waals surface area (Å²) in [7, 11) is 0. The second-order valence-corrected chi connectivity index (χ2v) is 5.03. The molecule has 1 rings (SSSR count). The minimum atomic E-state index is 0.505. The first-order valence-corrected chi connectivity index (χ1v) is 7.97. The molecule has 0 atom stereocenters. The number of nitrogens with two attached hydrogens (primary N) is 1. The maximum Gasteiger partial charge on any atom is 0.142 e. The van der Waals surface area contributed by atoms with Crippen molar-refractivity contribution in [3.05, 3.63) is 24.3 Å². The SMILES string of the molecule is CCCCCCCOCCOCCOc1ccccc1N. The van der Waals surface area contributed by atoms with Gasteiger partial charge in [0.25, 0.3) is 0 Å². The van der Waals surface area contributed by atoms with Crippen LogP contribution in [0, 0.1) is 0 Å². The average Bonchev–Trinajstić information content (AvgIpc) is 2.50. The monoisotopic (exact) mass is 295 g/mol. The van der Waals surface area contributed by atoms with Crippen molar-refractivity contribution in [2.24, 2.45) is 0 Å². The zero-order valence-electron chi connectivity index (χ0n) is 13.2. The summed E-state index contributed by atoms with van der Waals surface area (Å²) >= 11 is 0. The highest BCUT2D eigenvalue weighted by Crippen LogP contribution is 2.19. The lowest BCUT2D eigenvalue weighted by Crippen LogP contribution is -2.11. The number of unbranched alkanes of at least 4 members (excludes halogenated alkanes) is 4. The van der Waals surface area contributed by atoms with Crippen LogP contribution >= 0.6 is 0 Å². The summed E-state index contributed by atoms with van der Waals surface area (Å²) in [5.74, 6) is 0.712. The maximum atomic E-state index is 5.77. The summed E-state index contributed by atoms with van der Waals surface area (Å²) in [6.45, 7) is 5.39. The predicted molar refractivity (Wildman–Crippen MR) is 86.7 cm³/mol. The van der Waals surface area contributed by atoms with Gasteiger partial charge in [-0.2, -0.15) is 0 Å². The van der Waals surface area contributed by atoms with Crippen LogP contribution in [-0.4, -0.2) is 33.0 Å². The molecule has 0 aliphatic rings. The van der Waals surface area contributed by atoms with Gasteiger partial charge in [0.05, 0.1) is 25.5 Å². The Labute approximate surface area is 128 Å². The number of ether oxygens (including phenoxy) is 3. The molecule has 21 heavy (non-hydrogen) atoms. The molecule has 0 bridgehead atoms. The molecular formula is C17H29NO3. The van der Waals surface area contributed by atoms with E-state index in [9.17, 15) is 0 Å². The Bertz CT molecular complexity index is 358. The highest BCUT2D eigenvalue weighted by atomic mass is 16.5. The van der Waals surface area contributed by atoms with E-state index in [0.717, 1.165) is 13.0 Å². The maximum absolute atomic E-state index is 5.77. The molecule has 0 saturated carbocycles. The molecule has 120 valence electrons. The molecule has 0 heterocycles. The van der Waals surface area contributed by atoms with Crippen LogP contribution in [0.3, 0.4) is 0 Å². The molecule has 0 saturated heterocycles. The van der Waals surface area contributed by atoms with Crippen molar-refractivity contribution in [2.45, 2.75) is 39.0 Å². The fraction of sp³-hybridized carbons (Fsp3) is 0.647. The molecule has 0 aliphatic heterocycles. The zero-order valence-corrected chi connectivity index (χ0v) is 13.2. The highest BCUT2D eigenvalue weighted by molar-refractivity contribution is 5.51. The minimum Gasteiger partial charge on any atom is -0.489 e. The normalized spacial score (nSPS) is 10.7. The number of anilines is 1. The van der Waals surface area contributed by atoms with Crippen LogP contribution in [0.15, 0.2) is 24.3 Å². The average molecular weight is 295 g/mol. The number of para-hydroxylation sites is 2. The molecule has 0 spiro atoms.